The highest BCUT2D eigenvalue weighted by Crippen LogP contribution is 2.20. The van der Waals surface area contributed by atoms with Crippen molar-refractivity contribution in [3.63, 3.8) is 0 Å². The van der Waals surface area contributed by atoms with E-state index < -0.39 is 0 Å². The van der Waals surface area contributed by atoms with Gasteiger partial charge in [0.05, 0.1) is 15.8 Å². The van der Waals surface area contributed by atoms with Gasteiger partial charge in [-0.05, 0) is 46.9 Å². The molecule has 2 rings (SSSR count). The Morgan fingerprint density at radius 2 is 2.29 bits per heavy atom. The minimum atomic E-state index is -0.230. The molecule has 0 unspecified atom stereocenters. The molecule has 0 fully saturated rings. The van der Waals surface area contributed by atoms with Crippen LogP contribution in [0.25, 0.3) is 0 Å². The zero-order valence-electron chi connectivity index (χ0n) is 8.77. The van der Waals surface area contributed by atoms with Gasteiger partial charge in [-0.25, -0.2) is 0 Å². The summed E-state index contributed by atoms with van der Waals surface area (Å²) in [5.74, 6) is -0.119. The number of carbonyl (C=O) groups excluding carboxylic acids is 1. The summed E-state index contributed by atoms with van der Waals surface area (Å²) >= 11 is 2.00. The minimum Gasteiger partial charge on any atom is -0.507 e. The molecule has 1 aromatic carbocycles. The van der Waals surface area contributed by atoms with E-state index in [1.807, 2.05) is 22.6 Å². The van der Waals surface area contributed by atoms with Gasteiger partial charge in [0.15, 0.2) is 0 Å². The number of nitrogens with zero attached hydrogens (tertiary/aromatic N) is 1. The van der Waals surface area contributed by atoms with Gasteiger partial charge < -0.3 is 10.4 Å². The van der Waals surface area contributed by atoms with Crippen molar-refractivity contribution in [1.29, 1.82) is 0 Å². The van der Waals surface area contributed by atoms with E-state index in [0.29, 0.717) is 15.7 Å². The van der Waals surface area contributed by atoms with Crippen LogP contribution in [0.2, 0.25) is 0 Å². The third-order valence-corrected chi connectivity index (χ3v) is 3.12. The van der Waals surface area contributed by atoms with E-state index >= 15 is 0 Å². The molecule has 0 saturated heterocycles. The average Bonchev–Trinajstić information content (AvgIpc) is 2.82. The molecule has 3 N–H and O–H groups in total. The first kappa shape index (κ1) is 11.9. The number of nitrogens with one attached hydrogen (secondary N) is 2. The van der Waals surface area contributed by atoms with E-state index in [4.69, 9.17) is 0 Å². The molecule has 1 aromatic heterocycles. The summed E-state index contributed by atoms with van der Waals surface area (Å²) in [6, 6.07) is 6.60. The minimum absolute atomic E-state index is 0.111. The normalized spacial score (nSPS) is 10.2. The molecule has 0 atom stereocenters. The maximum atomic E-state index is 11.7. The molecule has 0 aliphatic carbocycles. The Balaban J connectivity index is 2.02. The second-order valence-electron chi connectivity index (χ2n) is 3.43. The number of phenolic OH excluding ortho intramolecular Hbond substituents is 1. The Morgan fingerprint density at radius 1 is 1.47 bits per heavy atom. The number of halogens is 1. The van der Waals surface area contributed by atoms with Gasteiger partial charge in [-0.2, -0.15) is 5.10 Å². The van der Waals surface area contributed by atoms with Crippen molar-refractivity contribution in [2.45, 2.75) is 6.54 Å². The average molecular weight is 343 g/mol. The molecule has 0 bridgehead atoms. The van der Waals surface area contributed by atoms with E-state index in [0.717, 1.165) is 5.69 Å². The summed E-state index contributed by atoms with van der Waals surface area (Å²) in [5.41, 5.74) is 1.26. The lowest BCUT2D eigenvalue weighted by molar-refractivity contribution is 0.0950. The van der Waals surface area contributed by atoms with Crippen LogP contribution in [0.1, 0.15) is 16.1 Å². The summed E-state index contributed by atoms with van der Waals surface area (Å²) in [5, 5.41) is 18.8. The van der Waals surface area contributed by atoms with Gasteiger partial charge in [0.25, 0.3) is 5.91 Å². The van der Waals surface area contributed by atoms with Crippen molar-refractivity contribution < 1.29 is 9.90 Å². The zero-order chi connectivity index (χ0) is 12.3. The highest BCUT2D eigenvalue weighted by molar-refractivity contribution is 14.1. The molecule has 5 nitrogen and oxygen atoms in total. The summed E-state index contributed by atoms with van der Waals surface area (Å²) in [4.78, 5) is 11.7. The van der Waals surface area contributed by atoms with Gasteiger partial charge in [-0.15, -0.1) is 0 Å². The van der Waals surface area contributed by atoms with Crippen LogP contribution in [0.4, 0.5) is 0 Å². The number of rotatable bonds is 3. The predicted molar refractivity (Wildman–Crippen MR) is 70.6 cm³/mol. The van der Waals surface area contributed by atoms with Crippen molar-refractivity contribution in [3.05, 3.63) is 45.3 Å². The summed E-state index contributed by atoms with van der Waals surface area (Å²) in [6.45, 7) is 0.381. The van der Waals surface area contributed by atoms with Crippen molar-refractivity contribution in [1.82, 2.24) is 15.5 Å². The van der Waals surface area contributed by atoms with Crippen molar-refractivity contribution in [2.24, 2.45) is 0 Å². The van der Waals surface area contributed by atoms with Gasteiger partial charge in [-0.1, -0.05) is 0 Å². The number of amides is 1. The molecule has 0 aliphatic heterocycles. The Bertz CT molecular complexity index is 526. The molecule has 0 radical (unpaired) electrons. The maximum absolute atomic E-state index is 11.7. The molecule has 0 spiro atoms. The van der Waals surface area contributed by atoms with Crippen LogP contribution in [0.5, 0.6) is 5.75 Å². The number of benzene rings is 1. The second-order valence-corrected chi connectivity index (χ2v) is 4.59. The number of phenols is 1. The van der Waals surface area contributed by atoms with Crippen LogP contribution in [0, 0.1) is 3.57 Å². The van der Waals surface area contributed by atoms with Crippen LogP contribution >= 0.6 is 22.6 Å². The Labute approximate surface area is 111 Å². The van der Waals surface area contributed by atoms with Gasteiger partial charge in [0, 0.05) is 11.8 Å². The second kappa shape index (κ2) is 5.17. The first-order valence-corrected chi connectivity index (χ1v) is 5.99. The largest absolute Gasteiger partial charge is 0.507 e. The van der Waals surface area contributed by atoms with E-state index in [1.165, 1.54) is 6.07 Å². The SMILES string of the molecule is O=C(NCc1ccn[nH]1)c1ccc(I)c(O)c1. The van der Waals surface area contributed by atoms with Crippen molar-refractivity contribution in [2.75, 3.05) is 0 Å². The number of aromatic amines is 1. The fourth-order valence-corrected chi connectivity index (χ4v) is 1.65. The molecule has 0 saturated carbocycles. The third-order valence-electron chi connectivity index (χ3n) is 2.21. The summed E-state index contributed by atoms with van der Waals surface area (Å²) in [6.07, 6.45) is 1.62. The van der Waals surface area contributed by atoms with E-state index in [9.17, 15) is 9.90 Å². The van der Waals surface area contributed by atoms with Gasteiger partial charge in [0.2, 0.25) is 0 Å². The lowest BCUT2D eigenvalue weighted by Gasteiger charge is -2.04. The maximum Gasteiger partial charge on any atom is 0.251 e. The molecule has 88 valence electrons. The van der Waals surface area contributed by atoms with Crippen LogP contribution in [-0.4, -0.2) is 21.2 Å². The monoisotopic (exact) mass is 343 g/mol. The van der Waals surface area contributed by atoms with E-state index in [2.05, 4.69) is 15.5 Å². The predicted octanol–water partition coefficient (Wildman–Crippen LogP) is 1.65. The standard InChI is InChI=1S/C11H10IN3O2/c12-9-2-1-7(5-10(9)16)11(17)13-6-8-3-4-14-15-8/h1-5,16H,6H2,(H,13,17)(H,14,15). The molecular weight excluding hydrogens is 333 g/mol. The van der Waals surface area contributed by atoms with Gasteiger partial charge in [-0.3, -0.25) is 9.89 Å². The van der Waals surface area contributed by atoms with Crippen LogP contribution in [-0.2, 0) is 6.54 Å². The molecule has 0 aliphatic rings. The smallest absolute Gasteiger partial charge is 0.251 e. The number of aromatic nitrogens is 2. The van der Waals surface area contributed by atoms with Gasteiger partial charge in [0.1, 0.15) is 5.75 Å². The third kappa shape index (κ3) is 2.96. The Kier molecular flexibility index (Phi) is 3.62. The van der Waals surface area contributed by atoms with E-state index in [1.54, 1.807) is 24.4 Å². The van der Waals surface area contributed by atoms with Crippen molar-refractivity contribution >= 4 is 28.5 Å². The highest BCUT2D eigenvalue weighted by Gasteiger charge is 2.08. The molecule has 17 heavy (non-hydrogen) atoms. The quantitative estimate of drug-likeness (QED) is 0.742. The van der Waals surface area contributed by atoms with Crippen molar-refractivity contribution in [3.8, 4) is 5.75 Å². The van der Waals surface area contributed by atoms with Crippen LogP contribution in [0.15, 0.2) is 30.5 Å². The Hall–Kier alpha value is -1.57. The van der Waals surface area contributed by atoms with Crippen LogP contribution < -0.4 is 5.32 Å². The fourth-order valence-electron chi connectivity index (χ4n) is 1.31. The molecule has 1 heterocycles. The molecular formula is C11H10IN3O2. The number of H-pyrrole nitrogens is 1. The highest BCUT2D eigenvalue weighted by atomic mass is 127. The lowest BCUT2D eigenvalue weighted by atomic mass is 10.2. The first-order valence-electron chi connectivity index (χ1n) is 4.92. The van der Waals surface area contributed by atoms with Crippen LogP contribution in [0.3, 0.4) is 0 Å². The molecule has 1 amide bonds. The Morgan fingerprint density at radius 3 is 2.94 bits per heavy atom. The molecule has 6 heteroatoms. The number of carbonyl (C=O) groups is 1. The molecule has 2 aromatic rings. The summed E-state index contributed by atoms with van der Waals surface area (Å²) in [7, 11) is 0. The number of hydrogen-bond donors (Lipinski definition) is 3. The lowest BCUT2D eigenvalue weighted by Crippen LogP contribution is -2.22. The zero-order valence-corrected chi connectivity index (χ0v) is 10.9. The first-order chi connectivity index (χ1) is 8.16. The number of hydrogen-bond acceptors (Lipinski definition) is 3. The fraction of sp³-hybridized carbons (Fsp3) is 0.0909. The number of aromatic hydroxyl groups is 1. The van der Waals surface area contributed by atoms with Gasteiger partial charge >= 0.3 is 0 Å². The van der Waals surface area contributed by atoms with E-state index in [-0.39, 0.29) is 11.7 Å². The topological polar surface area (TPSA) is 78.0 Å². The summed E-state index contributed by atoms with van der Waals surface area (Å²) < 4.78 is 0.715.